The molecule has 1 atom stereocenters. The maximum absolute atomic E-state index is 5.80. The molecule has 1 unspecified atom stereocenters. The fourth-order valence-corrected chi connectivity index (χ4v) is 1.55. The monoisotopic (exact) mass is 263 g/mol. The fraction of sp³-hybridized carbons (Fsp3) is 0.533. The van der Waals surface area contributed by atoms with E-state index in [4.69, 9.17) is 10.5 Å². The highest BCUT2D eigenvalue weighted by Gasteiger charge is 2.04. The van der Waals surface area contributed by atoms with E-state index in [2.05, 4.69) is 24.2 Å². The van der Waals surface area contributed by atoms with Crippen molar-refractivity contribution in [3.05, 3.63) is 29.8 Å². The summed E-state index contributed by atoms with van der Waals surface area (Å²) in [6.07, 6.45) is 0.0367. The lowest BCUT2D eigenvalue weighted by Crippen LogP contribution is -2.38. The minimum absolute atomic E-state index is 0.0367. The molecular weight excluding hydrogens is 238 g/mol. The summed E-state index contributed by atoms with van der Waals surface area (Å²) in [4.78, 5) is 4.24. The first-order valence-electron chi connectivity index (χ1n) is 6.74. The lowest BCUT2D eigenvalue weighted by Gasteiger charge is -2.16. The molecule has 1 rings (SSSR count). The Morgan fingerprint density at radius 1 is 1.37 bits per heavy atom. The summed E-state index contributed by atoms with van der Waals surface area (Å²) in [6.45, 7) is 9.66. The van der Waals surface area contributed by atoms with Gasteiger partial charge in [0.25, 0.3) is 0 Å². The molecule has 0 aromatic heterocycles. The Morgan fingerprint density at radius 3 is 2.74 bits per heavy atom. The molecule has 0 amide bonds. The molecule has 4 nitrogen and oxygen atoms in total. The van der Waals surface area contributed by atoms with Crippen molar-refractivity contribution in [2.45, 2.75) is 33.8 Å². The molecule has 19 heavy (non-hydrogen) atoms. The Bertz CT molecular complexity index is 416. The third kappa shape index (κ3) is 6.70. The number of rotatable bonds is 6. The normalized spacial score (nSPS) is 13.4. The number of nitrogens with one attached hydrogen (secondary N) is 1. The lowest BCUT2D eigenvalue weighted by molar-refractivity contribution is 0.224. The van der Waals surface area contributed by atoms with Crippen molar-refractivity contribution in [1.29, 1.82) is 0 Å². The highest BCUT2D eigenvalue weighted by atomic mass is 16.5. The zero-order valence-electron chi connectivity index (χ0n) is 12.3. The van der Waals surface area contributed by atoms with E-state index in [1.807, 2.05) is 38.1 Å². The van der Waals surface area contributed by atoms with Crippen LogP contribution in [-0.4, -0.2) is 25.2 Å². The van der Waals surface area contributed by atoms with Gasteiger partial charge in [0.2, 0.25) is 0 Å². The first-order chi connectivity index (χ1) is 8.97. The number of guanidine groups is 1. The number of nitrogens with two attached hydrogens (primary N) is 1. The molecule has 0 saturated heterocycles. The molecule has 0 bridgehead atoms. The van der Waals surface area contributed by atoms with E-state index in [0.717, 1.165) is 12.3 Å². The summed E-state index contributed by atoms with van der Waals surface area (Å²) in [5.74, 6) is 1.88. The van der Waals surface area contributed by atoms with Gasteiger partial charge < -0.3 is 15.8 Å². The third-order valence-electron chi connectivity index (χ3n) is 2.52. The van der Waals surface area contributed by atoms with Gasteiger partial charge in [-0.25, -0.2) is 0 Å². The predicted octanol–water partition coefficient (Wildman–Crippen LogP) is 2.32. The van der Waals surface area contributed by atoms with Crippen LogP contribution in [0, 0.1) is 12.8 Å². The maximum atomic E-state index is 5.80. The van der Waals surface area contributed by atoms with Crippen molar-refractivity contribution in [2.24, 2.45) is 16.6 Å². The lowest BCUT2D eigenvalue weighted by atomic mass is 10.2. The van der Waals surface area contributed by atoms with Crippen LogP contribution in [0.25, 0.3) is 0 Å². The molecule has 0 radical (unpaired) electrons. The van der Waals surface area contributed by atoms with Crippen LogP contribution in [0.4, 0.5) is 0 Å². The summed E-state index contributed by atoms with van der Waals surface area (Å²) in [6, 6.07) is 8.02. The molecular formula is C15H25N3O. The highest BCUT2D eigenvalue weighted by molar-refractivity contribution is 5.77. The first kappa shape index (κ1) is 15.3. The molecule has 0 aliphatic heterocycles. The molecule has 0 saturated carbocycles. The topological polar surface area (TPSA) is 59.6 Å². The van der Waals surface area contributed by atoms with Gasteiger partial charge in [-0.15, -0.1) is 0 Å². The van der Waals surface area contributed by atoms with Crippen LogP contribution in [-0.2, 0) is 0 Å². The van der Waals surface area contributed by atoms with Gasteiger partial charge in [0.05, 0.1) is 6.54 Å². The largest absolute Gasteiger partial charge is 0.489 e. The molecule has 0 fully saturated rings. The van der Waals surface area contributed by atoms with Gasteiger partial charge in [0.1, 0.15) is 11.9 Å². The van der Waals surface area contributed by atoms with Crippen LogP contribution < -0.4 is 15.8 Å². The SMILES string of the molecule is Cc1cccc(OC(C)CNC(N)=NCC(C)C)c1. The smallest absolute Gasteiger partial charge is 0.188 e. The zero-order chi connectivity index (χ0) is 14.3. The van der Waals surface area contributed by atoms with Gasteiger partial charge >= 0.3 is 0 Å². The van der Waals surface area contributed by atoms with Gasteiger partial charge in [-0.2, -0.15) is 0 Å². The van der Waals surface area contributed by atoms with E-state index in [0.29, 0.717) is 18.4 Å². The zero-order valence-corrected chi connectivity index (χ0v) is 12.3. The quantitative estimate of drug-likeness (QED) is 0.611. The van der Waals surface area contributed by atoms with Crippen LogP contribution in [0.5, 0.6) is 5.75 Å². The van der Waals surface area contributed by atoms with Crippen molar-refractivity contribution in [2.75, 3.05) is 13.1 Å². The maximum Gasteiger partial charge on any atom is 0.188 e. The van der Waals surface area contributed by atoms with E-state index < -0.39 is 0 Å². The van der Waals surface area contributed by atoms with Gasteiger partial charge in [0, 0.05) is 6.54 Å². The van der Waals surface area contributed by atoms with Crippen LogP contribution in [0.2, 0.25) is 0 Å². The summed E-state index contributed by atoms with van der Waals surface area (Å²) in [7, 11) is 0. The average Bonchev–Trinajstić information content (AvgIpc) is 2.34. The average molecular weight is 263 g/mol. The second-order valence-corrected chi connectivity index (χ2v) is 5.25. The molecule has 4 heteroatoms. The van der Waals surface area contributed by atoms with Crippen LogP contribution in [0.3, 0.4) is 0 Å². The third-order valence-corrected chi connectivity index (χ3v) is 2.52. The Morgan fingerprint density at radius 2 is 2.11 bits per heavy atom. The number of benzene rings is 1. The van der Waals surface area contributed by atoms with Gasteiger partial charge in [-0.3, -0.25) is 4.99 Å². The summed E-state index contributed by atoms with van der Waals surface area (Å²) >= 11 is 0. The summed E-state index contributed by atoms with van der Waals surface area (Å²) in [5, 5.41) is 3.08. The molecule has 0 spiro atoms. The molecule has 0 aliphatic carbocycles. The molecule has 0 heterocycles. The van der Waals surface area contributed by atoms with Crippen molar-refractivity contribution in [1.82, 2.24) is 5.32 Å². The number of hydrogen-bond donors (Lipinski definition) is 2. The Labute approximate surface area is 116 Å². The second-order valence-electron chi connectivity index (χ2n) is 5.25. The van der Waals surface area contributed by atoms with E-state index >= 15 is 0 Å². The second kappa shape index (κ2) is 7.67. The Kier molecular flexibility index (Phi) is 6.19. The molecule has 0 aliphatic rings. The van der Waals surface area contributed by atoms with Gasteiger partial charge in [-0.1, -0.05) is 26.0 Å². The van der Waals surface area contributed by atoms with Gasteiger partial charge in [0.15, 0.2) is 5.96 Å². The van der Waals surface area contributed by atoms with Crippen LogP contribution >= 0.6 is 0 Å². The summed E-state index contributed by atoms with van der Waals surface area (Å²) < 4.78 is 5.80. The molecule has 106 valence electrons. The van der Waals surface area contributed by atoms with Crippen molar-refractivity contribution in [3.63, 3.8) is 0 Å². The van der Waals surface area contributed by atoms with Crippen molar-refractivity contribution >= 4 is 5.96 Å². The van der Waals surface area contributed by atoms with E-state index in [1.54, 1.807) is 0 Å². The summed E-state index contributed by atoms with van der Waals surface area (Å²) in [5.41, 5.74) is 6.96. The van der Waals surface area contributed by atoms with E-state index in [1.165, 1.54) is 5.56 Å². The van der Waals surface area contributed by atoms with Crippen LogP contribution in [0.15, 0.2) is 29.3 Å². The molecule has 3 N–H and O–H groups in total. The minimum Gasteiger partial charge on any atom is -0.489 e. The molecule has 1 aromatic carbocycles. The number of aliphatic imine (C=N–C) groups is 1. The number of ether oxygens (including phenoxy) is 1. The first-order valence-corrected chi connectivity index (χ1v) is 6.74. The van der Waals surface area contributed by atoms with Gasteiger partial charge in [-0.05, 0) is 37.5 Å². The fourth-order valence-electron chi connectivity index (χ4n) is 1.55. The Balaban J connectivity index is 2.35. The number of aryl methyl sites for hydroxylation is 1. The number of hydrogen-bond acceptors (Lipinski definition) is 2. The Hall–Kier alpha value is -1.71. The van der Waals surface area contributed by atoms with E-state index in [9.17, 15) is 0 Å². The number of nitrogens with zero attached hydrogens (tertiary/aromatic N) is 1. The predicted molar refractivity (Wildman–Crippen MR) is 80.6 cm³/mol. The standard InChI is InChI=1S/C15H25N3O/c1-11(2)9-17-15(16)18-10-13(4)19-14-7-5-6-12(3)8-14/h5-8,11,13H,9-10H2,1-4H3,(H3,16,17,18). The van der Waals surface area contributed by atoms with E-state index in [-0.39, 0.29) is 6.10 Å². The minimum atomic E-state index is 0.0367. The molecule has 1 aromatic rings. The van der Waals surface area contributed by atoms with Crippen molar-refractivity contribution in [3.8, 4) is 5.75 Å². The highest BCUT2D eigenvalue weighted by Crippen LogP contribution is 2.13. The van der Waals surface area contributed by atoms with Crippen molar-refractivity contribution < 1.29 is 4.74 Å². The van der Waals surface area contributed by atoms with Crippen LogP contribution in [0.1, 0.15) is 26.3 Å².